The number of carbonyl (C=O) groups excluding carboxylic acids is 1. The molecule has 3 rings (SSSR count). The van der Waals surface area contributed by atoms with Crippen LogP contribution >= 0.6 is 11.6 Å². The molecule has 25 heavy (non-hydrogen) atoms. The number of amides is 1. The Morgan fingerprint density at radius 3 is 2.64 bits per heavy atom. The molecule has 0 aliphatic carbocycles. The summed E-state index contributed by atoms with van der Waals surface area (Å²) in [5.74, 6) is -0.412. The molecule has 2 aromatic carbocycles. The number of anilines is 3. The van der Waals surface area contributed by atoms with Crippen molar-refractivity contribution < 1.29 is 9.18 Å². The molecule has 1 heterocycles. The van der Waals surface area contributed by atoms with Crippen molar-refractivity contribution in [3.63, 3.8) is 0 Å². The van der Waals surface area contributed by atoms with E-state index in [1.54, 1.807) is 18.2 Å². The lowest BCUT2D eigenvalue weighted by Crippen LogP contribution is -2.33. The first-order valence-corrected chi connectivity index (χ1v) is 8.73. The number of rotatable bonds is 3. The van der Waals surface area contributed by atoms with Gasteiger partial charge in [0, 0.05) is 13.1 Å². The van der Waals surface area contributed by atoms with Crippen molar-refractivity contribution in [3.05, 3.63) is 52.8 Å². The molecular formula is C19H21ClFN3O. The molecule has 0 atom stereocenters. The molecule has 6 heteroatoms. The lowest BCUT2D eigenvalue weighted by atomic mass is 9.98. The third-order valence-corrected chi connectivity index (χ3v) is 4.92. The lowest BCUT2D eigenvalue weighted by Gasteiger charge is -2.33. The highest BCUT2D eigenvalue weighted by atomic mass is 35.5. The highest BCUT2D eigenvalue weighted by molar-refractivity contribution is 6.34. The molecule has 1 saturated heterocycles. The van der Waals surface area contributed by atoms with Crippen molar-refractivity contribution in [2.24, 2.45) is 5.92 Å². The van der Waals surface area contributed by atoms with Crippen LogP contribution in [-0.4, -0.2) is 19.0 Å². The zero-order valence-corrected chi connectivity index (χ0v) is 14.8. The largest absolute Gasteiger partial charge is 0.397 e. The van der Waals surface area contributed by atoms with E-state index in [-0.39, 0.29) is 5.56 Å². The third kappa shape index (κ3) is 3.87. The average molecular weight is 362 g/mol. The fourth-order valence-electron chi connectivity index (χ4n) is 3.03. The topological polar surface area (TPSA) is 58.4 Å². The zero-order valence-electron chi connectivity index (χ0n) is 14.1. The first-order chi connectivity index (χ1) is 12.0. The minimum absolute atomic E-state index is 0.0243. The molecule has 0 aromatic heterocycles. The number of hydrogen-bond acceptors (Lipinski definition) is 3. The van der Waals surface area contributed by atoms with Gasteiger partial charge < -0.3 is 16.0 Å². The van der Waals surface area contributed by atoms with Crippen LogP contribution in [0.3, 0.4) is 0 Å². The minimum Gasteiger partial charge on any atom is -0.397 e. The predicted octanol–water partition coefficient (Wildman–Crippen LogP) is 4.55. The second-order valence-corrected chi connectivity index (χ2v) is 6.90. The summed E-state index contributed by atoms with van der Waals surface area (Å²) in [5, 5.41) is 3.02. The van der Waals surface area contributed by atoms with Crippen molar-refractivity contribution in [1.82, 2.24) is 0 Å². The van der Waals surface area contributed by atoms with Crippen LogP contribution in [0.1, 0.15) is 30.1 Å². The van der Waals surface area contributed by atoms with E-state index in [0.29, 0.717) is 22.3 Å². The maximum absolute atomic E-state index is 13.8. The van der Waals surface area contributed by atoms with Crippen LogP contribution in [0.5, 0.6) is 0 Å². The SMILES string of the molecule is CC1CCN(c2cc(NC(=O)c3ccccc3F)c(Cl)cc2N)CC1. The normalized spacial score (nSPS) is 15.2. The molecule has 132 valence electrons. The highest BCUT2D eigenvalue weighted by Gasteiger charge is 2.20. The highest BCUT2D eigenvalue weighted by Crippen LogP contribution is 2.35. The Bertz CT molecular complexity index is 788. The lowest BCUT2D eigenvalue weighted by molar-refractivity contribution is 0.102. The molecule has 0 spiro atoms. The monoisotopic (exact) mass is 361 g/mol. The Morgan fingerprint density at radius 1 is 1.28 bits per heavy atom. The van der Waals surface area contributed by atoms with Gasteiger partial charge in [-0.25, -0.2) is 4.39 Å². The average Bonchev–Trinajstić information content (AvgIpc) is 2.58. The van der Waals surface area contributed by atoms with Crippen LogP contribution in [0.15, 0.2) is 36.4 Å². The molecule has 3 N–H and O–H groups in total. The van der Waals surface area contributed by atoms with Crippen LogP contribution < -0.4 is 16.0 Å². The first-order valence-electron chi connectivity index (χ1n) is 8.35. The van der Waals surface area contributed by atoms with E-state index in [9.17, 15) is 9.18 Å². The molecule has 0 radical (unpaired) electrons. The predicted molar refractivity (Wildman–Crippen MR) is 101 cm³/mol. The second-order valence-electron chi connectivity index (χ2n) is 6.49. The van der Waals surface area contributed by atoms with Crippen LogP contribution in [0.2, 0.25) is 5.02 Å². The van der Waals surface area contributed by atoms with Gasteiger partial charge in [-0.1, -0.05) is 30.7 Å². The van der Waals surface area contributed by atoms with Gasteiger partial charge in [0.15, 0.2) is 0 Å². The molecule has 1 amide bonds. The van der Waals surface area contributed by atoms with E-state index in [4.69, 9.17) is 17.3 Å². The third-order valence-electron chi connectivity index (χ3n) is 4.61. The number of nitrogen functional groups attached to an aromatic ring is 1. The summed E-state index contributed by atoms with van der Waals surface area (Å²) in [6, 6.07) is 9.24. The van der Waals surface area contributed by atoms with Crippen molar-refractivity contribution >= 4 is 34.6 Å². The molecule has 1 aliphatic heterocycles. The van der Waals surface area contributed by atoms with Gasteiger partial charge >= 0.3 is 0 Å². The first kappa shape index (κ1) is 17.5. The van der Waals surface area contributed by atoms with Gasteiger partial charge in [-0.05, 0) is 43.0 Å². The summed E-state index contributed by atoms with van der Waals surface area (Å²) in [5.41, 5.74) is 7.95. The van der Waals surface area contributed by atoms with E-state index < -0.39 is 11.7 Å². The molecule has 4 nitrogen and oxygen atoms in total. The van der Waals surface area contributed by atoms with Crippen molar-refractivity contribution in [2.75, 3.05) is 29.0 Å². The van der Waals surface area contributed by atoms with E-state index in [0.717, 1.165) is 31.6 Å². The van der Waals surface area contributed by atoms with Gasteiger partial charge in [-0.15, -0.1) is 0 Å². The summed E-state index contributed by atoms with van der Waals surface area (Å²) in [6.07, 6.45) is 2.19. The number of nitrogens with two attached hydrogens (primary N) is 1. The van der Waals surface area contributed by atoms with Crippen molar-refractivity contribution in [1.29, 1.82) is 0 Å². The number of piperidine rings is 1. The summed E-state index contributed by atoms with van der Waals surface area (Å²) in [7, 11) is 0. The van der Waals surface area contributed by atoms with Gasteiger partial charge in [-0.3, -0.25) is 4.79 Å². The maximum atomic E-state index is 13.8. The molecular weight excluding hydrogens is 341 g/mol. The van der Waals surface area contributed by atoms with Gasteiger partial charge in [0.1, 0.15) is 5.82 Å². The van der Waals surface area contributed by atoms with Gasteiger partial charge in [0.2, 0.25) is 0 Å². The Kier molecular flexibility index (Phi) is 5.13. The second kappa shape index (κ2) is 7.31. The molecule has 2 aromatic rings. The Labute approximate surface area is 151 Å². The summed E-state index contributed by atoms with van der Waals surface area (Å²) < 4.78 is 13.8. The van der Waals surface area contributed by atoms with E-state index in [1.807, 2.05) is 0 Å². The number of halogens is 2. The van der Waals surface area contributed by atoms with E-state index in [1.165, 1.54) is 18.2 Å². The number of carbonyl (C=O) groups is 1. The summed E-state index contributed by atoms with van der Waals surface area (Å²) >= 11 is 6.23. The summed E-state index contributed by atoms with van der Waals surface area (Å²) in [4.78, 5) is 14.5. The van der Waals surface area contributed by atoms with Crippen LogP contribution in [-0.2, 0) is 0 Å². The number of benzene rings is 2. The molecule has 1 aliphatic rings. The number of nitrogens with zero attached hydrogens (tertiary/aromatic N) is 1. The van der Waals surface area contributed by atoms with Gasteiger partial charge in [-0.2, -0.15) is 0 Å². The Hall–Kier alpha value is -2.27. The van der Waals surface area contributed by atoms with Crippen molar-refractivity contribution in [3.8, 4) is 0 Å². The van der Waals surface area contributed by atoms with E-state index >= 15 is 0 Å². The van der Waals surface area contributed by atoms with Crippen LogP contribution in [0, 0.1) is 11.7 Å². The summed E-state index contributed by atoms with van der Waals surface area (Å²) in [6.45, 7) is 4.06. The Morgan fingerprint density at radius 2 is 1.96 bits per heavy atom. The molecule has 0 unspecified atom stereocenters. The molecule has 1 fully saturated rings. The van der Waals surface area contributed by atoms with E-state index in [2.05, 4.69) is 17.1 Å². The minimum atomic E-state index is -0.572. The Balaban J connectivity index is 1.85. The van der Waals surface area contributed by atoms with Gasteiger partial charge in [0.25, 0.3) is 5.91 Å². The standard InChI is InChI=1S/C19H21ClFN3O/c1-12-6-8-24(9-7-12)18-11-17(14(20)10-16(18)22)23-19(25)13-4-2-3-5-15(13)21/h2-5,10-12H,6-9,22H2,1H3,(H,23,25). The quantitative estimate of drug-likeness (QED) is 0.788. The fraction of sp³-hybridized carbons (Fsp3) is 0.316. The van der Waals surface area contributed by atoms with Crippen molar-refractivity contribution in [2.45, 2.75) is 19.8 Å². The fourth-order valence-corrected chi connectivity index (χ4v) is 3.25. The molecule has 0 bridgehead atoms. The number of hydrogen-bond donors (Lipinski definition) is 2. The number of nitrogens with one attached hydrogen (secondary N) is 1. The zero-order chi connectivity index (χ0) is 18.0. The smallest absolute Gasteiger partial charge is 0.258 e. The van der Waals surface area contributed by atoms with Gasteiger partial charge in [0.05, 0.1) is 27.6 Å². The van der Waals surface area contributed by atoms with Crippen LogP contribution in [0.4, 0.5) is 21.5 Å². The molecule has 0 saturated carbocycles. The maximum Gasteiger partial charge on any atom is 0.258 e. The van der Waals surface area contributed by atoms with Crippen LogP contribution in [0.25, 0.3) is 0 Å².